The van der Waals surface area contributed by atoms with Crippen molar-refractivity contribution in [1.29, 1.82) is 0 Å². The Hall–Kier alpha value is -1.85. The summed E-state index contributed by atoms with van der Waals surface area (Å²) in [7, 11) is -4.27. The minimum atomic E-state index is -4.27. The van der Waals surface area contributed by atoms with E-state index in [0.29, 0.717) is 37.7 Å². The average molecular weight is 451 g/mol. The van der Waals surface area contributed by atoms with Crippen LogP contribution in [0.3, 0.4) is 0 Å². The molecule has 0 bridgehead atoms. The van der Waals surface area contributed by atoms with Gasteiger partial charge in [0.05, 0.1) is 13.2 Å². The number of ether oxygens (including phenoxy) is 2. The molecule has 2 aromatic rings. The summed E-state index contributed by atoms with van der Waals surface area (Å²) < 4.78 is 22.9. The van der Waals surface area contributed by atoms with Crippen molar-refractivity contribution in [1.82, 2.24) is 0 Å². The van der Waals surface area contributed by atoms with Gasteiger partial charge in [-0.3, -0.25) is 4.57 Å². The molecule has 172 valence electrons. The van der Waals surface area contributed by atoms with Crippen molar-refractivity contribution in [2.75, 3.05) is 6.35 Å². The summed E-state index contributed by atoms with van der Waals surface area (Å²) in [5.41, 5.74) is 6.79. The lowest BCUT2D eigenvalue weighted by Crippen LogP contribution is -2.10. The van der Waals surface area contributed by atoms with Crippen molar-refractivity contribution in [3.8, 4) is 11.5 Å². The van der Waals surface area contributed by atoms with Crippen molar-refractivity contribution in [2.24, 2.45) is 0 Å². The van der Waals surface area contributed by atoms with Crippen molar-refractivity contribution in [3.63, 3.8) is 0 Å². The van der Waals surface area contributed by atoms with E-state index in [1.165, 1.54) is 0 Å². The maximum absolute atomic E-state index is 11.3. The number of aromatic hydroxyl groups is 1. The SMILES string of the molecule is CCc1c(C)c(COCc2ccc(C(C)C)cc2O)c(C)c(CC)c1OCP(=O)(O)O. The molecule has 0 aliphatic rings. The summed E-state index contributed by atoms with van der Waals surface area (Å²) in [5, 5.41) is 10.3. The first-order valence-electron chi connectivity index (χ1n) is 10.7. The van der Waals surface area contributed by atoms with Gasteiger partial charge in [0.2, 0.25) is 0 Å². The third-order valence-corrected chi connectivity index (χ3v) is 6.19. The summed E-state index contributed by atoms with van der Waals surface area (Å²) in [4.78, 5) is 18.5. The summed E-state index contributed by atoms with van der Waals surface area (Å²) in [6.07, 6.45) is 0.730. The zero-order chi connectivity index (χ0) is 23.3. The van der Waals surface area contributed by atoms with Gasteiger partial charge in [-0.15, -0.1) is 0 Å². The summed E-state index contributed by atoms with van der Waals surface area (Å²) in [6.45, 7) is 12.8. The Labute approximate surface area is 185 Å². The molecule has 3 N–H and O–H groups in total. The molecule has 0 heterocycles. The van der Waals surface area contributed by atoms with Crippen LogP contribution in [0.1, 0.15) is 72.6 Å². The molecule has 0 fully saturated rings. The molecule has 0 aliphatic carbocycles. The van der Waals surface area contributed by atoms with Crippen molar-refractivity contribution in [2.45, 2.75) is 73.5 Å². The van der Waals surface area contributed by atoms with Gasteiger partial charge in [-0.05, 0) is 72.1 Å². The largest absolute Gasteiger partial charge is 0.508 e. The molecule has 0 spiro atoms. The molecule has 31 heavy (non-hydrogen) atoms. The normalized spacial score (nSPS) is 11.9. The number of hydrogen-bond donors (Lipinski definition) is 3. The van der Waals surface area contributed by atoms with Gasteiger partial charge in [0.1, 0.15) is 11.5 Å². The summed E-state index contributed by atoms with van der Waals surface area (Å²) >= 11 is 0. The molecule has 0 aromatic heterocycles. The second-order valence-electron chi connectivity index (χ2n) is 8.20. The lowest BCUT2D eigenvalue weighted by atomic mass is 9.90. The van der Waals surface area contributed by atoms with E-state index in [0.717, 1.165) is 38.9 Å². The Kier molecular flexibility index (Phi) is 8.73. The Morgan fingerprint density at radius 2 is 1.55 bits per heavy atom. The van der Waals surface area contributed by atoms with Gasteiger partial charge in [-0.1, -0.05) is 39.8 Å². The molecule has 0 saturated heterocycles. The fraction of sp³-hybridized carbons (Fsp3) is 0.500. The highest BCUT2D eigenvalue weighted by molar-refractivity contribution is 7.51. The van der Waals surface area contributed by atoms with E-state index in [9.17, 15) is 19.5 Å². The van der Waals surface area contributed by atoms with Gasteiger partial charge in [-0.2, -0.15) is 0 Å². The standard InChI is InChI=1S/C24H35O6P/c1-7-20-16(5)22(17(6)21(8-2)24(20)30-14-31(26,27)28)13-29-12-19-10-9-18(15(3)4)11-23(19)25/h9-11,15,25H,7-8,12-14H2,1-6H3,(H2,26,27,28). The maximum atomic E-state index is 11.3. The molecule has 2 rings (SSSR count). The van der Waals surface area contributed by atoms with E-state index >= 15 is 0 Å². The van der Waals surface area contributed by atoms with Crippen LogP contribution in [0.5, 0.6) is 11.5 Å². The van der Waals surface area contributed by atoms with Crippen LogP contribution in [0.2, 0.25) is 0 Å². The minimum absolute atomic E-state index is 0.240. The predicted octanol–water partition coefficient (Wildman–Crippen LogP) is 5.49. The number of benzene rings is 2. The van der Waals surface area contributed by atoms with Crippen LogP contribution in [-0.2, 0) is 35.4 Å². The summed E-state index contributed by atoms with van der Waals surface area (Å²) in [6, 6.07) is 5.70. The second kappa shape index (κ2) is 10.6. The van der Waals surface area contributed by atoms with E-state index in [4.69, 9.17) is 9.47 Å². The lowest BCUT2D eigenvalue weighted by molar-refractivity contribution is 0.104. The first-order valence-corrected chi connectivity index (χ1v) is 12.5. The fourth-order valence-corrected chi connectivity index (χ4v) is 4.18. The predicted molar refractivity (Wildman–Crippen MR) is 123 cm³/mol. The second-order valence-corrected chi connectivity index (χ2v) is 9.78. The van der Waals surface area contributed by atoms with Crippen molar-refractivity contribution < 1.29 is 28.9 Å². The Morgan fingerprint density at radius 1 is 0.968 bits per heavy atom. The molecule has 2 aromatic carbocycles. The first kappa shape index (κ1) is 25.4. The van der Waals surface area contributed by atoms with E-state index in [1.54, 1.807) is 6.07 Å². The molecule has 0 radical (unpaired) electrons. The highest BCUT2D eigenvalue weighted by atomic mass is 31.2. The third-order valence-electron chi connectivity index (χ3n) is 5.72. The molecule has 7 heteroatoms. The fourth-order valence-electron chi connectivity index (χ4n) is 3.88. The van der Waals surface area contributed by atoms with E-state index in [1.807, 2.05) is 39.8 Å². The van der Waals surface area contributed by atoms with Gasteiger partial charge in [0.25, 0.3) is 0 Å². The van der Waals surface area contributed by atoms with Crippen LogP contribution >= 0.6 is 7.60 Å². The van der Waals surface area contributed by atoms with E-state index < -0.39 is 13.9 Å². The van der Waals surface area contributed by atoms with Crippen molar-refractivity contribution >= 4 is 7.60 Å². The molecule has 0 saturated carbocycles. The number of phenolic OH excluding ortho intramolecular Hbond substituents is 1. The van der Waals surface area contributed by atoms with E-state index in [-0.39, 0.29) is 5.75 Å². The van der Waals surface area contributed by atoms with Crippen molar-refractivity contribution in [3.05, 3.63) is 57.1 Å². The van der Waals surface area contributed by atoms with Crippen LogP contribution in [-0.4, -0.2) is 21.2 Å². The third kappa shape index (κ3) is 6.33. The van der Waals surface area contributed by atoms with Crippen LogP contribution in [0.15, 0.2) is 18.2 Å². The Morgan fingerprint density at radius 3 is 2.00 bits per heavy atom. The molecule has 0 atom stereocenters. The molecule has 0 aliphatic heterocycles. The minimum Gasteiger partial charge on any atom is -0.508 e. The lowest BCUT2D eigenvalue weighted by Gasteiger charge is -2.23. The van der Waals surface area contributed by atoms with E-state index in [2.05, 4.69) is 13.8 Å². The number of phenols is 1. The highest BCUT2D eigenvalue weighted by Crippen LogP contribution is 2.40. The zero-order valence-corrected chi connectivity index (χ0v) is 20.3. The highest BCUT2D eigenvalue weighted by Gasteiger charge is 2.22. The maximum Gasteiger partial charge on any atom is 0.362 e. The molecule has 0 unspecified atom stereocenters. The monoisotopic (exact) mass is 450 g/mol. The van der Waals surface area contributed by atoms with Gasteiger partial charge in [0.15, 0.2) is 6.35 Å². The Bertz CT molecular complexity index is 930. The number of rotatable bonds is 10. The van der Waals surface area contributed by atoms with Crippen LogP contribution in [0, 0.1) is 13.8 Å². The average Bonchev–Trinajstić information content (AvgIpc) is 2.69. The van der Waals surface area contributed by atoms with Crippen LogP contribution < -0.4 is 4.74 Å². The molecular formula is C24H35O6P. The van der Waals surface area contributed by atoms with Gasteiger partial charge in [-0.25, -0.2) is 0 Å². The van der Waals surface area contributed by atoms with Crippen LogP contribution in [0.25, 0.3) is 0 Å². The first-order chi connectivity index (χ1) is 14.5. The molecular weight excluding hydrogens is 415 g/mol. The topological polar surface area (TPSA) is 96.2 Å². The zero-order valence-electron chi connectivity index (χ0n) is 19.4. The van der Waals surface area contributed by atoms with Gasteiger partial charge in [0, 0.05) is 5.56 Å². The smallest absolute Gasteiger partial charge is 0.362 e. The molecule has 0 amide bonds. The Balaban J connectivity index is 2.28. The number of hydrogen-bond acceptors (Lipinski definition) is 4. The summed E-state index contributed by atoms with van der Waals surface area (Å²) in [5.74, 6) is 1.16. The molecule has 6 nitrogen and oxygen atoms in total. The van der Waals surface area contributed by atoms with Gasteiger partial charge >= 0.3 is 7.60 Å². The van der Waals surface area contributed by atoms with Crippen LogP contribution in [0.4, 0.5) is 0 Å². The quantitative estimate of drug-likeness (QED) is 0.414. The van der Waals surface area contributed by atoms with Gasteiger partial charge < -0.3 is 24.4 Å².